The molecule has 0 bridgehead atoms. The predicted molar refractivity (Wildman–Crippen MR) is 72.8 cm³/mol. The number of pyridine rings is 1. The van der Waals surface area contributed by atoms with Gasteiger partial charge in [-0.25, -0.2) is 0 Å². The molecule has 96 valence electrons. The van der Waals surface area contributed by atoms with Crippen LogP contribution >= 0.6 is 28.3 Å². The van der Waals surface area contributed by atoms with Crippen LogP contribution in [0.2, 0.25) is 0 Å². The molecular weight excluding hydrogens is 307 g/mol. The molecule has 1 heterocycles. The third-order valence-corrected chi connectivity index (χ3v) is 3.56. The third kappa shape index (κ3) is 3.24. The number of hydrogen-bond acceptors (Lipinski definition) is 3. The van der Waals surface area contributed by atoms with E-state index in [0.29, 0.717) is 11.7 Å². The fourth-order valence-corrected chi connectivity index (χ4v) is 2.33. The van der Waals surface area contributed by atoms with Crippen LogP contribution in [0.1, 0.15) is 12.8 Å². The number of ether oxygens (including phenoxy) is 1. The molecule has 0 spiro atoms. The molecule has 0 atom stereocenters. The van der Waals surface area contributed by atoms with Crippen molar-refractivity contribution in [3.05, 3.63) is 27.1 Å². The fourth-order valence-electron chi connectivity index (χ4n) is 1.81. The molecule has 4 nitrogen and oxygen atoms in total. The maximum absolute atomic E-state index is 11.4. The van der Waals surface area contributed by atoms with E-state index in [1.165, 1.54) is 10.6 Å². The van der Waals surface area contributed by atoms with E-state index in [4.69, 9.17) is 10.5 Å². The van der Waals surface area contributed by atoms with E-state index < -0.39 is 0 Å². The molecule has 6 heteroatoms. The molecule has 1 fully saturated rings. The van der Waals surface area contributed by atoms with Crippen molar-refractivity contribution < 1.29 is 4.74 Å². The Morgan fingerprint density at radius 3 is 2.82 bits per heavy atom. The molecule has 2 rings (SSSR count). The van der Waals surface area contributed by atoms with Crippen LogP contribution in [0.15, 0.2) is 21.5 Å². The van der Waals surface area contributed by atoms with Gasteiger partial charge in [-0.15, -0.1) is 12.4 Å². The summed E-state index contributed by atoms with van der Waals surface area (Å²) in [6, 6.07) is 1.51. The SMILES string of the molecule is Cl.Cn1cc(Br)c(OC2CC(CN)C2)cc1=O. The van der Waals surface area contributed by atoms with Crippen LogP contribution in [0.3, 0.4) is 0 Å². The van der Waals surface area contributed by atoms with Crippen molar-refractivity contribution in [3.63, 3.8) is 0 Å². The molecule has 1 saturated carbocycles. The van der Waals surface area contributed by atoms with Crippen LogP contribution in [-0.2, 0) is 7.05 Å². The summed E-state index contributed by atoms with van der Waals surface area (Å²) in [5, 5.41) is 0. The minimum Gasteiger partial charge on any atom is -0.489 e. The summed E-state index contributed by atoms with van der Waals surface area (Å²) in [5.74, 6) is 1.21. The molecule has 0 radical (unpaired) electrons. The van der Waals surface area contributed by atoms with E-state index in [2.05, 4.69) is 15.9 Å². The number of rotatable bonds is 3. The number of hydrogen-bond donors (Lipinski definition) is 1. The maximum Gasteiger partial charge on any atom is 0.254 e. The maximum atomic E-state index is 11.4. The van der Waals surface area contributed by atoms with E-state index >= 15 is 0 Å². The van der Waals surface area contributed by atoms with Crippen molar-refractivity contribution in [2.24, 2.45) is 18.7 Å². The Bertz CT molecular complexity index is 444. The molecule has 1 aromatic rings. The van der Waals surface area contributed by atoms with Gasteiger partial charge in [0.25, 0.3) is 5.56 Å². The highest BCUT2D eigenvalue weighted by atomic mass is 79.9. The van der Waals surface area contributed by atoms with Crippen LogP contribution in [0, 0.1) is 5.92 Å². The van der Waals surface area contributed by atoms with Gasteiger partial charge >= 0.3 is 0 Å². The van der Waals surface area contributed by atoms with Gasteiger partial charge in [-0.3, -0.25) is 4.79 Å². The van der Waals surface area contributed by atoms with E-state index in [9.17, 15) is 4.79 Å². The zero-order valence-corrected chi connectivity index (χ0v) is 12.0. The number of aromatic nitrogens is 1. The first kappa shape index (κ1) is 14.5. The van der Waals surface area contributed by atoms with Gasteiger partial charge in [0.05, 0.1) is 10.6 Å². The minimum absolute atomic E-state index is 0. The van der Waals surface area contributed by atoms with E-state index in [-0.39, 0.29) is 24.1 Å². The standard InChI is InChI=1S/C11H15BrN2O2.ClH/c1-14-6-9(12)10(4-11(14)15)16-8-2-7(3-8)5-13;/h4,6-8H,2-3,5,13H2,1H3;1H. The first-order chi connectivity index (χ1) is 7.60. The second kappa shape index (κ2) is 5.89. The first-order valence-electron chi connectivity index (χ1n) is 5.33. The highest BCUT2D eigenvalue weighted by Crippen LogP contribution is 2.32. The Labute approximate surface area is 115 Å². The third-order valence-electron chi connectivity index (χ3n) is 2.96. The Balaban J connectivity index is 0.00000144. The second-order valence-electron chi connectivity index (χ2n) is 4.25. The highest BCUT2D eigenvalue weighted by Gasteiger charge is 2.30. The average molecular weight is 324 g/mol. The van der Waals surface area contributed by atoms with Crippen molar-refractivity contribution in [1.82, 2.24) is 4.57 Å². The Morgan fingerprint density at radius 1 is 1.59 bits per heavy atom. The molecular formula is C11H16BrClN2O2. The monoisotopic (exact) mass is 322 g/mol. The molecule has 0 aromatic carbocycles. The Morgan fingerprint density at radius 2 is 2.24 bits per heavy atom. The van der Waals surface area contributed by atoms with Gasteiger partial charge in [-0.2, -0.15) is 0 Å². The van der Waals surface area contributed by atoms with Crippen LogP contribution in [0.25, 0.3) is 0 Å². The second-order valence-corrected chi connectivity index (χ2v) is 5.10. The van der Waals surface area contributed by atoms with Crippen LogP contribution in [0.4, 0.5) is 0 Å². The van der Waals surface area contributed by atoms with Crippen molar-refractivity contribution in [2.75, 3.05) is 6.54 Å². The lowest BCUT2D eigenvalue weighted by atomic mass is 9.82. The zero-order chi connectivity index (χ0) is 11.7. The number of nitrogens with zero attached hydrogens (tertiary/aromatic N) is 1. The van der Waals surface area contributed by atoms with Crippen molar-refractivity contribution in [3.8, 4) is 5.75 Å². The van der Waals surface area contributed by atoms with Crippen molar-refractivity contribution >= 4 is 28.3 Å². The minimum atomic E-state index is -0.0621. The van der Waals surface area contributed by atoms with Gasteiger partial charge in [0.1, 0.15) is 5.75 Å². The predicted octanol–water partition coefficient (Wildman–Crippen LogP) is 1.69. The number of nitrogens with two attached hydrogens (primary N) is 1. The molecule has 0 aliphatic heterocycles. The molecule has 1 aliphatic rings. The van der Waals surface area contributed by atoms with Crippen molar-refractivity contribution in [2.45, 2.75) is 18.9 Å². The summed E-state index contributed by atoms with van der Waals surface area (Å²) < 4.78 is 8.06. The van der Waals surface area contributed by atoms with Crippen LogP contribution in [-0.4, -0.2) is 17.2 Å². The smallest absolute Gasteiger partial charge is 0.254 e. The summed E-state index contributed by atoms with van der Waals surface area (Å²) >= 11 is 3.39. The van der Waals surface area contributed by atoms with E-state index in [0.717, 1.165) is 23.9 Å². The van der Waals surface area contributed by atoms with Crippen LogP contribution < -0.4 is 16.0 Å². The lowest BCUT2D eigenvalue weighted by Crippen LogP contribution is -2.38. The zero-order valence-electron chi connectivity index (χ0n) is 9.56. The van der Waals surface area contributed by atoms with Gasteiger partial charge in [0.15, 0.2) is 0 Å². The van der Waals surface area contributed by atoms with Gasteiger partial charge in [-0.1, -0.05) is 0 Å². The Hall–Kier alpha value is -0.520. The molecule has 2 N–H and O–H groups in total. The lowest BCUT2D eigenvalue weighted by molar-refractivity contribution is 0.0681. The van der Waals surface area contributed by atoms with Crippen LogP contribution in [0.5, 0.6) is 5.75 Å². The quantitative estimate of drug-likeness (QED) is 0.921. The van der Waals surface area contributed by atoms with Gasteiger partial charge in [0.2, 0.25) is 0 Å². The van der Waals surface area contributed by atoms with Gasteiger partial charge in [0, 0.05) is 19.3 Å². The normalized spacial score (nSPS) is 22.5. The number of halogens is 2. The first-order valence-corrected chi connectivity index (χ1v) is 6.12. The topological polar surface area (TPSA) is 57.2 Å². The molecule has 0 unspecified atom stereocenters. The molecule has 17 heavy (non-hydrogen) atoms. The highest BCUT2D eigenvalue weighted by molar-refractivity contribution is 9.10. The number of aryl methyl sites for hydroxylation is 1. The van der Waals surface area contributed by atoms with E-state index in [1.54, 1.807) is 13.2 Å². The molecule has 1 aromatic heterocycles. The summed E-state index contributed by atoms with van der Waals surface area (Å²) in [7, 11) is 1.71. The van der Waals surface area contributed by atoms with Gasteiger partial charge in [-0.05, 0) is 41.2 Å². The summed E-state index contributed by atoms with van der Waals surface area (Å²) in [6.07, 6.45) is 3.89. The van der Waals surface area contributed by atoms with E-state index in [1.807, 2.05) is 0 Å². The van der Waals surface area contributed by atoms with Gasteiger partial charge < -0.3 is 15.0 Å². The molecule has 1 aliphatic carbocycles. The summed E-state index contributed by atoms with van der Waals surface area (Å²) in [5.41, 5.74) is 5.48. The van der Waals surface area contributed by atoms with Crippen molar-refractivity contribution in [1.29, 1.82) is 0 Å². The lowest BCUT2D eigenvalue weighted by Gasteiger charge is -2.34. The molecule has 0 saturated heterocycles. The summed E-state index contributed by atoms with van der Waals surface area (Å²) in [4.78, 5) is 11.4. The average Bonchev–Trinajstić information content (AvgIpc) is 2.18. The summed E-state index contributed by atoms with van der Waals surface area (Å²) in [6.45, 7) is 0.720. The fraction of sp³-hybridized carbons (Fsp3) is 0.545. The molecule has 0 amide bonds. The Kier molecular flexibility index (Phi) is 5.04. The largest absolute Gasteiger partial charge is 0.489 e.